The summed E-state index contributed by atoms with van der Waals surface area (Å²) in [6.45, 7) is 0.158. The van der Waals surface area contributed by atoms with Crippen molar-refractivity contribution in [1.29, 1.82) is 0 Å². The molecule has 2 aromatic rings. The van der Waals surface area contributed by atoms with Gasteiger partial charge in [0.05, 0.1) is 27.0 Å². The largest absolute Gasteiger partial charge is 0.493 e. The van der Waals surface area contributed by atoms with Crippen molar-refractivity contribution >= 4 is 11.7 Å². The van der Waals surface area contributed by atoms with Crippen molar-refractivity contribution in [2.75, 3.05) is 21.3 Å². The predicted octanol–water partition coefficient (Wildman–Crippen LogP) is 1.55. The molecule has 2 rings (SSSR count). The maximum atomic E-state index is 12.1. The molecule has 0 radical (unpaired) electrons. The minimum Gasteiger partial charge on any atom is -0.493 e. The summed E-state index contributed by atoms with van der Waals surface area (Å²) in [5.74, 6) is 0.167. The van der Waals surface area contributed by atoms with Gasteiger partial charge < -0.3 is 24.1 Å². The molecule has 7 nitrogen and oxygen atoms in total. The summed E-state index contributed by atoms with van der Waals surface area (Å²) >= 11 is 0. The number of carbonyl (C=O) groups excluding carboxylic acids is 2. The van der Waals surface area contributed by atoms with E-state index in [4.69, 9.17) is 14.2 Å². The molecule has 0 saturated heterocycles. The minimum atomic E-state index is -0.675. The van der Waals surface area contributed by atoms with Crippen LogP contribution >= 0.6 is 0 Å². The van der Waals surface area contributed by atoms with Gasteiger partial charge in [-0.15, -0.1) is 0 Å². The van der Waals surface area contributed by atoms with Gasteiger partial charge in [0.25, 0.3) is 11.7 Å². The number of methoxy groups -OCH3 is 3. The molecule has 0 aliphatic heterocycles. The van der Waals surface area contributed by atoms with Crippen molar-refractivity contribution in [2.24, 2.45) is 7.05 Å². The molecule has 0 bridgehead atoms. The van der Waals surface area contributed by atoms with Gasteiger partial charge in [-0.25, -0.2) is 0 Å². The number of ketones is 1. The molecule has 24 heavy (non-hydrogen) atoms. The summed E-state index contributed by atoms with van der Waals surface area (Å²) in [5, 5.41) is 2.60. The number of Topliss-reactive ketones (excluding diaryl/α,β-unsaturated/α-hetero) is 1. The van der Waals surface area contributed by atoms with Crippen LogP contribution in [-0.4, -0.2) is 37.6 Å². The summed E-state index contributed by atoms with van der Waals surface area (Å²) in [6, 6.07) is 6.74. The summed E-state index contributed by atoms with van der Waals surface area (Å²) in [5.41, 5.74) is 1.05. The van der Waals surface area contributed by atoms with E-state index >= 15 is 0 Å². The van der Waals surface area contributed by atoms with E-state index in [2.05, 4.69) is 5.32 Å². The van der Waals surface area contributed by atoms with Gasteiger partial charge in [-0.05, 0) is 29.8 Å². The van der Waals surface area contributed by atoms with Crippen LogP contribution in [0, 0.1) is 0 Å². The Morgan fingerprint density at radius 3 is 2.17 bits per heavy atom. The third kappa shape index (κ3) is 3.51. The van der Waals surface area contributed by atoms with Crippen molar-refractivity contribution in [3.05, 3.63) is 41.7 Å². The Morgan fingerprint density at radius 2 is 1.71 bits per heavy atom. The van der Waals surface area contributed by atoms with Crippen molar-refractivity contribution in [1.82, 2.24) is 9.88 Å². The Kier molecular flexibility index (Phi) is 5.47. The number of aryl methyl sites for hydroxylation is 1. The topological polar surface area (TPSA) is 78.8 Å². The van der Waals surface area contributed by atoms with E-state index in [0.29, 0.717) is 22.9 Å². The zero-order chi connectivity index (χ0) is 17.7. The molecule has 0 fully saturated rings. The van der Waals surface area contributed by atoms with Crippen LogP contribution in [0.5, 0.6) is 17.2 Å². The van der Waals surface area contributed by atoms with Gasteiger partial charge in [0.15, 0.2) is 11.5 Å². The minimum absolute atomic E-state index is 0.158. The monoisotopic (exact) mass is 332 g/mol. The fourth-order valence-electron chi connectivity index (χ4n) is 2.31. The van der Waals surface area contributed by atoms with Crippen molar-refractivity contribution in [3.63, 3.8) is 0 Å². The highest BCUT2D eigenvalue weighted by atomic mass is 16.5. The second kappa shape index (κ2) is 7.54. The number of nitrogens with one attached hydrogen (secondary N) is 1. The fourth-order valence-corrected chi connectivity index (χ4v) is 2.31. The first-order valence-corrected chi connectivity index (χ1v) is 7.24. The van der Waals surface area contributed by atoms with Crippen LogP contribution in [0.4, 0.5) is 0 Å². The van der Waals surface area contributed by atoms with Crippen LogP contribution in [0.15, 0.2) is 30.5 Å². The van der Waals surface area contributed by atoms with E-state index in [1.165, 1.54) is 21.3 Å². The molecule has 0 saturated carbocycles. The van der Waals surface area contributed by atoms with Crippen LogP contribution < -0.4 is 19.5 Å². The number of nitrogens with zero attached hydrogens (tertiary/aromatic N) is 1. The molecule has 7 heteroatoms. The summed E-state index contributed by atoms with van der Waals surface area (Å²) in [6.07, 6.45) is 1.71. The van der Waals surface area contributed by atoms with E-state index in [1.807, 2.05) is 0 Å². The third-order valence-electron chi connectivity index (χ3n) is 3.56. The maximum Gasteiger partial charge on any atom is 0.294 e. The zero-order valence-corrected chi connectivity index (χ0v) is 14.1. The number of amides is 1. The second-order valence-corrected chi connectivity index (χ2v) is 5.05. The number of rotatable bonds is 7. The Balaban J connectivity index is 2.13. The van der Waals surface area contributed by atoms with Crippen LogP contribution in [0.1, 0.15) is 16.1 Å². The number of aromatic nitrogens is 1. The van der Waals surface area contributed by atoms with Gasteiger partial charge in [-0.2, -0.15) is 0 Å². The first kappa shape index (κ1) is 17.4. The number of hydrogen-bond donors (Lipinski definition) is 1. The van der Waals surface area contributed by atoms with E-state index in [9.17, 15) is 9.59 Å². The SMILES string of the molecule is COc1cc(CNC(=O)C(=O)c2cccn2C)cc(OC)c1OC. The Labute approximate surface area is 140 Å². The normalized spacial score (nSPS) is 10.2. The molecule has 0 atom stereocenters. The number of carbonyl (C=O) groups is 2. The molecule has 1 amide bonds. The Bertz CT molecular complexity index is 726. The molecule has 1 heterocycles. The Morgan fingerprint density at radius 1 is 1.08 bits per heavy atom. The van der Waals surface area contributed by atoms with Gasteiger partial charge in [-0.3, -0.25) is 9.59 Å². The average molecular weight is 332 g/mol. The standard InChI is InChI=1S/C17H20N2O5/c1-19-7-5-6-12(19)15(20)17(21)18-10-11-8-13(22-2)16(24-4)14(9-11)23-3/h5-9H,10H2,1-4H3,(H,18,21). The summed E-state index contributed by atoms with van der Waals surface area (Å²) in [4.78, 5) is 24.1. The number of hydrogen-bond acceptors (Lipinski definition) is 5. The Hall–Kier alpha value is -2.96. The molecule has 1 aromatic heterocycles. The third-order valence-corrected chi connectivity index (χ3v) is 3.56. The highest BCUT2D eigenvalue weighted by molar-refractivity contribution is 6.42. The molecule has 1 N–H and O–H groups in total. The zero-order valence-electron chi connectivity index (χ0n) is 14.1. The number of benzene rings is 1. The van der Waals surface area contributed by atoms with E-state index in [0.717, 1.165) is 5.56 Å². The van der Waals surface area contributed by atoms with Crippen LogP contribution in [0.25, 0.3) is 0 Å². The first-order valence-electron chi connectivity index (χ1n) is 7.24. The lowest BCUT2D eigenvalue weighted by Gasteiger charge is -2.14. The lowest BCUT2D eigenvalue weighted by Crippen LogP contribution is -2.31. The van der Waals surface area contributed by atoms with E-state index in [1.54, 1.807) is 42.1 Å². The molecule has 0 aliphatic carbocycles. The lowest BCUT2D eigenvalue weighted by molar-refractivity contribution is -0.117. The van der Waals surface area contributed by atoms with Crippen LogP contribution in [0.2, 0.25) is 0 Å². The smallest absolute Gasteiger partial charge is 0.294 e. The predicted molar refractivity (Wildman–Crippen MR) is 87.7 cm³/mol. The highest BCUT2D eigenvalue weighted by Gasteiger charge is 2.19. The lowest BCUT2D eigenvalue weighted by atomic mass is 10.1. The van der Waals surface area contributed by atoms with E-state index in [-0.39, 0.29) is 6.54 Å². The van der Waals surface area contributed by atoms with E-state index < -0.39 is 11.7 Å². The molecular weight excluding hydrogens is 312 g/mol. The summed E-state index contributed by atoms with van der Waals surface area (Å²) < 4.78 is 17.4. The van der Waals surface area contributed by atoms with Crippen molar-refractivity contribution < 1.29 is 23.8 Å². The van der Waals surface area contributed by atoms with Gasteiger partial charge in [0, 0.05) is 19.8 Å². The molecule has 1 aromatic carbocycles. The maximum absolute atomic E-state index is 12.1. The average Bonchev–Trinajstić information content (AvgIpc) is 3.03. The van der Waals surface area contributed by atoms with Crippen molar-refractivity contribution in [2.45, 2.75) is 6.54 Å². The molecule has 128 valence electrons. The summed E-state index contributed by atoms with van der Waals surface area (Å²) in [7, 11) is 6.25. The molecule has 0 unspecified atom stereocenters. The van der Waals surface area contributed by atoms with Crippen LogP contribution in [0.3, 0.4) is 0 Å². The second-order valence-electron chi connectivity index (χ2n) is 5.05. The van der Waals surface area contributed by atoms with Gasteiger partial charge >= 0.3 is 0 Å². The fraction of sp³-hybridized carbons (Fsp3) is 0.294. The van der Waals surface area contributed by atoms with Crippen LogP contribution in [-0.2, 0) is 18.4 Å². The number of ether oxygens (including phenoxy) is 3. The first-order chi connectivity index (χ1) is 11.5. The van der Waals surface area contributed by atoms with Crippen molar-refractivity contribution in [3.8, 4) is 17.2 Å². The highest BCUT2D eigenvalue weighted by Crippen LogP contribution is 2.38. The van der Waals surface area contributed by atoms with Gasteiger partial charge in [0.2, 0.25) is 5.75 Å². The quantitative estimate of drug-likeness (QED) is 0.615. The van der Waals surface area contributed by atoms with Gasteiger partial charge in [-0.1, -0.05) is 0 Å². The molecule has 0 spiro atoms. The molecule has 0 aliphatic rings. The molecular formula is C17H20N2O5. The van der Waals surface area contributed by atoms with Gasteiger partial charge in [0.1, 0.15) is 0 Å².